The summed E-state index contributed by atoms with van der Waals surface area (Å²) in [5.41, 5.74) is 4.85. The zero-order chi connectivity index (χ0) is 14.4. The van der Waals surface area contributed by atoms with Crippen LogP contribution < -0.4 is 16.6 Å². The van der Waals surface area contributed by atoms with Crippen LogP contribution in [0.5, 0.6) is 0 Å². The lowest BCUT2D eigenvalue weighted by Gasteiger charge is -2.22. The Hall–Kier alpha value is -2.25. The van der Waals surface area contributed by atoms with Crippen LogP contribution in [-0.2, 0) is 4.84 Å². The molecule has 1 fully saturated rings. The molecule has 2 aromatic rings. The molecule has 1 saturated heterocycles. The molecule has 0 bridgehead atoms. The number of nitrogens with one attached hydrogen (secondary N) is 1. The fourth-order valence-electron chi connectivity index (χ4n) is 1.79. The van der Waals surface area contributed by atoms with Crippen molar-refractivity contribution in [3.8, 4) is 0 Å². The van der Waals surface area contributed by atoms with Crippen molar-refractivity contribution in [2.45, 2.75) is 12.3 Å². The zero-order valence-corrected chi connectivity index (χ0v) is 9.91. The Labute approximate surface area is 110 Å². The lowest BCUT2D eigenvalue weighted by atomic mass is 10.3. The molecule has 1 aliphatic heterocycles. The predicted molar refractivity (Wildman–Crippen MR) is 62.4 cm³/mol. The summed E-state index contributed by atoms with van der Waals surface area (Å²) in [7, 11) is 0. The molecule has 6 N–H and O–H groups in total. The minimum Gasteiger partial charge on any atom is -0.393 e. The van der Waals surface area contributed by atoms with Gasteiger partial charge in [-0.15, -0.1) is 0 Å². The average molecular weight is 285 g/mol. The Kier molecular flexibility index (Phi) is 2.81. The second kappa shape index (κ2) is 4.39. The first-order chi connectivity index (χ1) is 9.52. The van der Waals surface area contributed by atoms with Gasteiger partial charge in [-0.05, 0) is 5.17 Å². The maximum Gasteiger partial charge on any atom is 0.280 e. The van der Waals surface area contributed by atoms with E-state index in [4.69, 9.17) is 15.7 Å². The minimum absolute atomic E-state index is 0.0103. The van der Waals surface area contributed by atoms with Gasteiger partial charge in [0.05, 0.1) is 6.61 Å². The highest BCUT2D eigenvalue weighted by atomic mass is 16.9. The van der Waals surface area contributed by atoms with Crippen LogP contribution in [0.3, 0.4) is 0 Å². The van der Waals surface area contributed by atoms with Gasteiger partial charge in [0.1, 0.15) is 6.33 Å². The van der Waals surface area contributed by atoms with E-state index >= 15 is 0 Å². The van der Waals surface area contributed by atoms with Gasteiger partial charge < -0.3 is 15.9 Å². The van der Waals surface area contributed by atoms with Crippen molar-refractivity contribution in [2.24, 2.45) is 0 Å². The molecule has 0 radical (unpaired) electrons. The molecule has 0 aromatic carbocycles. The van der Waals surface area contributed by atoms with E-state index in [1.807, 2.05) is 0 Å². The van der Waals surface area contributed by atoms with Gasteiger partial charge in [0.25, 0.3) is 5.56 Å². The van der Waals surface area contributed by atoms with Crippen LogP contribution >= 0.6 is 0 Å². The quantitative estimate of drug-likeness (QED) is 0.380. The zero-order valence-electron chi connectivity index (χ0n) is 9.91. The number of H-pyrrole nitrogens is 1. The molecule has 0 unspecified atom stereocenters. The van der Waals surface area contributed by atoms with Crippen molar-refractivity contribution in [1.29, 1.82) is 0 Å². The summed E-state index contributed by atoms with van der Waals surface area (Å²) in [4.78, 5) is 26.7. The van der Waals surface area contributed by atoms with Crippen molar-refractivity contribution in [1.82, 2.24) is 24.8 Å². The number of nitrogens with two attached hydrogens (primary N) is 1. The van der Waals surface area contributed by atoms with E-state index in [1.165, 1.54) is 0 Å². The van der Waals surface area contributed by atoms with Crippen LogP contribution in [0.4, 0.5) is 5.95 Å². The third-order valence-electron chi connectivity index (χ3n) is 2.75. The van der Waals surface area contributed by atoms with Crippen LogP contribution in [0.2, 0.25) is 0 Å². The molecule has 0 amide bonds. The van der Waals surface area contributed by atoms with Crippen molar-refractivity contribution >= 4 is 17.1 Å². The minimum atomic E-state index is -1.49. The standard InChI is InChI=1S/C8H11N7O5/c9-8-11-5-4(6(17)12-8)10-2-13(5)15-14(19)7(18)3(1-16)20-15/h2-3,7,16,18-19H,1H2,(H3,9,11,12,17)/t3-,7-/m1/s1. The number of rotatable bonds is 2. The third-order valence-corrected chi connectivity index (χ3v) is 2.75. The van der Waals surface area contributed by atoms with Gasteiger partial charge in [0.15, 0.2) is 23.5 Å². The Morgan fingerprint density at radius 2 is 2.30 bits per heavy atom. The molecular formula is C8H11N7O5. The van der Waals surface area contributed by atoms with E-state index in [1.54, 1.807) is 0 Å². The van der Waals surface area contributed by atoms with Crippen molar-refractivity contribution in [2.75, 3.05) is 17.6 Å². The number of nitrogen functional groups attached to an aromatic ring is 1. The smallest absolute Gasteiger partial charge is 0.280 e. The molecule has 12 heteroatoms. The molecule has 0 saturated carbocycles. The third kappa shape index (κ3) is 1.71. The van der Waals surface area contributed by atoms with Gasteiger partial charge in [-0.3, -0.25) is 15.0 Å². The van der Waals surface area contributed by atoms with E-state index in [0.717, 1.165) is 11.0 Å². The number of imidazole rings is 1. The molecule has 1 aliphatic rings. The molecule has 0 spiro atoms. The Balaban J connectivity index is 2.09. The predicted octanol–water partition coefficient (Wildman–Crippen LogP) is -3.13. The van der Waals surface area contributed by atoms with Crippen molar-refractivity contribution in [3.63, 3.8) is 0 Å². The summed E-state index contributed by atoms with van der Waals surface area (Å²) < 4.78 is 1.06. The highest BCUT2D eigenvalue weighted by molar-refractivity contribution is 5.70. The van der Waals surface area contributed by atoms with Crippen LogP contribution in [-0.4, -0.2) is 59.2 Å². The number of nitrogens with zero attached hydrogens (tertiary/aromatic N) is 5. The van der Waals surface area contributed by atoms with Gasteiger partial charge in [-0.1, -0.05) is 5.28 Å². The fourth-order valence-corrected chi connectivity index (χ4v) is 1.79. The highest BCUT2D eigenvalue weighted by Crippen LogP contribution is 2.19. The molecule has 20 heavy (non-hydrogen) atoms. The SMILES string of the molecule is Nc1nc2c(ncn2N2O[C@H](CO)[C@@H](O)N2O)c(=O)[nH]1. The van der Waals surface area contributed by atoms with Crippen LogP contribution in [0, 0.1) is 0 Å². The monoisotopic (exact) mass is 285 g/mol. The van der Waals surface area contributed by atoms with Gasteiger partial charge >= 0.3 is 0 Å². The number of aliphatic hydroxyl groups is 2. The molecule has 2 aromatic heterocycles. The largest absolute Gasteiger partial charge is 0.393 e. The number of fused-ring (bicyclic) bond motifs is 1. The number of anilines is 1. The van der Waals surface area contributed by atoms with Gasteiger partial charge in [-0.25, -0.2) is 9.82 Å². The van der Waals surface area contributed by atoms with Crippen LogP contribution in [0.1, 0.15) is 0 Å². The number of hydroxylamine groups is 1. The van der Waals surface area contributed by atoms with E-state index in [0.29, 0.717) is 10.5 Å². The molecule has 108 valence electrons. The summed E-state index contributed by atoms with van der Waals surface area (Å²) >= 11 is 0. The van der Waals surface area contributed by atoms with Gasteiger partial charge in [0, 0.05) is 0 Å². The molecule has 3 heterocycles. The first-order valence-electron chi connectivity index (χ1n) is 5.50. The van der Waals surface area contributed by atoms with Crippen molar-refractivity contribution < 1.29 is 20.3 Å². The number of aromatic nitrogens is 4. The Bertz CT molecular complexity index is 698. The lowest BCUT2D eigenvalue weighted by Crippen LogP contribution is -2.45. The Morgan fingerprint density at radius 1 is 1.55 bits per heavy atom. The van der Waals surface area contributed by atoms with Gasteiger partial charge in [-0.2, -0.15) is 9.66 Å². The summed E-state index contributed by atoms with van der Waals surface area (Å²) in [6, 6.07) is 0. The first kappa shape index (κ1) is 12.8. The molecule has 12 nitrogen and oxygen atoms in total. The number of hydrogen-bond acceptors (Lipinski definition) is 10. The maximum absolute atomic E-state index is 11.6. The van der Waals surface area contributed by atoms with Crippen LogP contribution in [0.15, 0.2) is 11.1 Å². The molecule has 0 aliphatic carbocycles. The topological polar surface area (TPSA) is 166 Å². The van der Waals surface area contributed by atoms with Crippen LogP contribution in [0.25, 0.3) is 11.2 Å². The second-order valence-corrected chi connectivity index (χ2v) is 4.03. The fraction of sp³-hybridized carbons (Fsp3) is 0.375. The van der Waals surface area contributed by atoms with Gasteiger partial charge in [0.2, 0.25) is 5.95 Å². The van der Waals surface area contributed by atoms with Crippen molar-refractivity contribution in [3.05, 3.63) is 16.7 Å². The van der Waals surface area contributed by atoms with E-state index in [2.05, 4.69) is 15.0 Å². The summed E-state index contributed by atoms with van der Waals surface area (Å²) in [6.45, 7) is -0.530. The highest BCUT2D eigenvalue weighted by Gasteiger charge is 2.41. The summed E-state index contributed by atoms with van der Waals surface area (Å²) in [5, 5.41) is 29.3. The average Bonchev–Trinajstić information content (AvgIpc) is 2.93. The number of aromatic amines is 1. The second-order valence-electron chi connectivity index (χ2n) is 4.03. The van der Waals surface area contributed by atoms with E-state index in [9.17, 15) is 15.1 Å². The maximum atomic E-state index is 11.6. The Morgan fingerprint density at radius 3 is 2.95 bits per heavy atom. The lowest BCUT2D eigenvalue weighted by molar-refractivity contribution is -0.208. The summed E-state index contributed by atoms with van der Waals surface area (Å²) in [5.74, 6) is -0.146. The van der Waals surface area contributed by atoms with E-state index in [-0.39, 0.29) is 17.1 Å². The van der Waals surface area contributed by atoms with E-state index < -0.39 is 24.5 Å². The first-order valence-corrected chi connectivity index (χ1v) is 5.50. The number of hydrazine groups is 1. The molecular weight excluding hydrogens is 274 g/mol. The number of aliphatic hydroxyl groups excluding tert-OH is 2. The normalized spacial score (nSPS) is 23.9. The molecule has 3 rings (SSSR count). The molecule has 2 atom stereocenters. The number of hydrogen-bond donors (Lipinski definition) is 5. The summed E-state index contributed by atoms with van der Waals surface area (Å²) in [6.07, 6.45) is -1.42.